The van der Waals surface area contributed by atoms with Gasteiger partial charge in [0.25, 0.3) is 0 Å². The Morgan fingerprint density at radius 1 is 0.418 bits per heavy atom. The minimum Gasteiger partial charge on any atom is -0.457 e. The van der Waals surface area contributed by atoms with Gasteiger partial charge in [0, 0.05) is 13.0 Å². The van der Waals surface area contributed by atoms with Gasteiger partial charge in [-0.1, -0.05) is 256 Å². The standard InChI is InChI=1S/C65H122O14/c1-3-5-7-9-11-13-15-17-19-21-23-25-26-27-28-29-30-32-34-36-38-40-42-44-46-48-57(67)77-54(51-74-49-47-45-43-41-39-37-35-33-31-24-22-20-18-16-14-12-10-8-6-4-2)52-75-64-63(73)61(71)59(69)56(79-64)53-76-65-62(72)60(70)58(68)55(50-66)78-65/h15,17,21,23,54-56,58-66,68-73H,3-14,16,18-20,22,24-53H2,1-2H3/b17-15-,23-21-. The molecule has 14 nitrogen and oxygen atoms in total. The average Bonchev–Trinajstić information content (AvgIpc) is 3.46. The first kappa shape index (κ1) is 73.6. The van der Waals surface area contributed by atoms with Gasteiger partial charge >= 0.3 is 5.97 Å². The fourth-order valence-corrected chi connectivity index (χ4v) is 10.7. The van der Waals surface area contributed by atoms with E-state index in [-0.39, 0.29) is 25.6 Å². The van der Waals surface area contributed by atoms with Gasteiger partial charge in [0.15, 0.2) is 12.6 Å². The summed E-state index contributed by atoms with van der Waals surface area (Å²) in [6.07, 6.45) is 45.3. The number of carbonyl (C=O) groups excluding carboxylic acids is 1. The van der Waals surface area contributed by atoms with Gasteiger partial charge < -0.3 is 64.2 Å². The van der Waals surface area contributed by atoms with E-state index < -0.39 is 80.7 Å². The first-order valence-electron chi connectivity index (χ1n) is 32.9. The summed E-state index contributed by atoms with van der Waals surface area (Å²) >= 11 is 0. The quantitative estimate of drug-likeness (QED) is 0.0172. The lowest BCUT2D eigenvalue weighted by atomic mass is 9.98. The number of allylic oxidation sites excluding steroid dienone is 4. The Kier molecular flexibility index (Phi) is 48.5. The van der Waals surface area contributed by atoms with Crippen molar-refractivity contribution in [2.45, 2.75) is 351 Å². The highest BCUT2D eigenvalue weighted by Crippen LogP contribution is 2.27. The molecule has 2 fully saturated rings. The molecule has 2 aliphatic rings. The number of aliphatic hydroxyl groups is 7. The highest BCUT2D eigenvalue weighted by molar-refractivity contribution is 5.69. The molecule has 466 valence electrons. The smallest absolute Gasteiger partial charge is 0.306 e. The van der Waals surface area contributed by atoms with Crippen molar-refractivity contribution in [2.24, 2.45) is 0 Å². The van der Waals surface area contributed by atoms with Crippen molar-refractivity contribution in [1.82, 2.24) is 0 Å². The topological polar surface area (TPSA) is 214 Å². The summed E-state index contributed by atoms with van der Waals surface area (Å²) in [5, 5.41) is 72.5. The van der Waals surface area contributed by atoms with E-state index in [2.05, 4.69) is 38.2 Å². The minimum atomic E-state index is -1.70. The normalized spacial score (nSPS) is 24.1. The van der Waals surface area contributed by atoms with Gasteiger partial charge in [0.05, 0.1) is 26.4 Å². The Labute approximate surface area is 481 Å². The second-order valence-corrected chi connectivity index (χ2v) is 23.3. The van der Waals surface area contributed by atoms with Crippen molar-refractivity contribution < 1.29 is 69.0 Å². The van der Waals surface area contributed by atoms with Crippen LogP contribution in [0.3, 0.4) is 0 Å². The molecule has 79 heavy (non-hydrogen) atoms. The molecule has 0 aromatic rings. The maximum absolute atomic E-state index is 13.1. The highest BCUT2D eigenvalue weighted by Gasteiger charge is 2.47. The molecule has 14 heteroatoms. The van der Waals surface area contributed by atoms with Gasteiger partial charge in [-0.15, -0.1) is 0 Å². The van der Waals surface area contributed by atoms with E-state index in [0.29, 0.717) is 13.0 Å². The van der Waals surface area contributed by atoms with E-state index in [1.807, 2.05) is 0 Å². The predicted molar refractivity (Wildman–Crippen MR) is 317 cm³/mol. The van der Waals surface area contributed by atoms with Gasteiger partial charge in [-0.05, 0) is 44.9 Å². The third-order valence-electron chi connectivity index (χ3n) is 16.0. The Balaban J connectivity index is 1.65. The zero-order valence-electron chi connectivity index (χ0n) is 50.4. The van der Waals surface area contributed by atoms with Crippen LogP contribution in [0.2, 0.25) is 0 Å². The Morgan fingerprint density at radius 2 is 0.785 bits per heavy atom. The Morgan fingerprint density at radius 3 is 1.22 bits per heavy atom. The predicted octanol–water partition coefficient (Wildman–Crippen LogP) is 13.1. The van der Waals surface area contributed by atoms with Crippen LogP contribution < -0.4 is 0 Å². The number of unbranched alkanes of at least 4 members (excludes halogenated alkanes) is 37. The zero-order valence-corrected chi connectivity index (χ0v) is 50.4. The minimum absolute atomic E-state index is 0.0672. The molecule has 0 spiro atoms. The van der Waals surface area contributed by atoms with Crippen LogP contribution in [-0.4, -0.2) is 142 Å². The molecule has 0 aromatic carbocycles. The number of carbonyl (C=O) groups is 1. The average molecular weight is 1130 g/mol. The van der Waals surface area contributed by atoms with Crippen molar-refractivity contribution >= 4 is 5.97 Å². The number of rotatable bonds is 55. The van der Waals surface area contributed by atoms with Crippen LogP contribution in [0.15, 0.2) is 24.3 Å². The molecule has 7 N–H and O–H groups in total. The monoisotopic (exact) mass is 1130 g/mol. The molecule has 2 heterocycles. The lowest BCUT2D eigenvalue weighted by Gasteiger charge is -2.42. The van der Waals surface area contributed by atoms with Crippen LogP contribution in [0, 0.1) is 0 Å². The fraction of sp³-hybridized carbons (Fsp3) is 0.923. The van der Waals surface area contributed by atoms with Crippen LogP contribution in [-0.2, 0) is 33.2 Å². The molecule has 0 aliphatic carbocycles. The molecule has 0 aromatic heterocycles. The second kappa shape index (κ2) is 52.1. The van der Waals surface area contributed by atoms with Crippen molar-refractivity contribution in [3.05, 3.63) is 24.3 Å². The van der Waals surface area contributed by atoms with E-state index in [1.54, 1.807) is 0 Å². The third kappa shape index (κ3) is 38.1. The highest BCUT2D eigenvalue weighted by atomic mass is 16.7. The summed E-state index contributed by atoms with van der Waals surface area (Å²) in [7, 11) is 0. The van der Waals surface area contributed by atoms with Crippen LogP contribution in [0.1, 0.15) is 284 Å². The van der Waals surface area contributed by atoms with E-state index in [1.165, 1.54) is 212 Å². The van der Waals surface area contributed by atoms with Crippen LogP contribution in [0.4, 0.5) is 0 Å². The zero-order chi connectivity index (χ0) is 57.2. The summed E-state index contributed by atoms with van der Waals surface area (Å²) in [6.45, 7) is 3.75. The summed E-state index contributed by atoms with van der Waals surface area (Å²) in [5.74, 6) is -0.370. The molecule has 11 unspecified atom stereocenters. The fourth-order valence-electron chi connectivity index (χ4n) is 10.7. The van der Waals surface area contributed by atoms with E-state index in [0.717, 1.165) is 44.9 Å². The molecule has 2 aliphatic heterocycles. The Bertz CT molecular complexity index is 1400. The molecule has 2 saturated heterocycles. The van der Waals surface area contributed by atoms with Crippen molar-refractivity contribution in [2.75, 3.05) is 33.0 Å². The maximum Gasteiger partial charge on any atom is 0.306 e. The SMILES string of the molecule is CCCCCCC/C=C\C/C=C\CCCCCCCCCCCCCCCC(=O)OC(COCCCCCCCCCCCCCCCCCCCCCC)COC1OC(COC2OC(CO)C(O)C(O)C2O)C(O)C(O)C1O. The lowest BCUT2D eigenvalue weighted by molar-refractivity contribution is -0.332. The lowest BCUT2D eigenvalue weighted by Crippen LogP contribution is -2.61. The number of aliphatic hydroxyl groups excluding tert-OH is 7. The largest absolute Gasteiger partial charge is 0.457 e. The molecule has 11 atom stereocenters. The number of esters is 1. The van der Waals surface area contributed by atoms with Gasteiger partial charge in [-0.25, -0.2) is 0 Å². The first-order valence-corrected chi connectivity index (χ1v) is 32.9. The van der Waals surface area contributed by atoms with Crippen molar-refractivity contribution in [3.63, 3.8) is 0 Å². The summed E-state index contributed by atoms with van der Waals surface area (Å²) < 4.78 is 34.5. The van der Waals surface area contributed by atoms with Crippen molar-refractivity contribution in [1.29, 1.82) is 0 Å². The molecule has 2 rings (SSSR count). The van der Waals surface area contributed by atoms with E-state index >= 15 is 0 Å². The van der Waals surface area contributed by atoms with E-state index in [9.17, 15) is 40.5 Å². The van der Waals surface area contributed by atoms with Gasteiger partial charge in [-0.3, -0.25) is 4.79 Å². The molecular formula is C65H122O14. The van der Waals surface area contributed by atoms with Crippen LogP contribution in [0.25, 0.3) is 0 Å². The first-order chi connectivity index (χ1) is 38.6. The van der Waals surface area contributed by atoms with Gasteiger partial charge in [0.1, 0.15) is 54.9 Å². The Hall–Kier alpha value is -1.53. The molecule has 0 amide bonds. The van der Waals surface area contributed by atoms with Crippen LogP contribution in [0.5, 0.6) is 0 Å². The third-order valence-corrected chi connectivity index (χ3v) is 16.0. The summed E-state index contributed by atoms with van der Waals surface area (Å²) in [4.78, 5) is 13.1. The number of hydrogen-bond donors (Lipinski definition) is 7. The second-order valence-electron chi connectivity index (χ2n) is 23.3. The number of ether oxygens (including phenoxy) is 6. The molecule has 0 bridgehead atoms. The van der Waals surface area contributed by atoms with Crippen molar-refractivity contribution in [3.8, 4) is 0 Å². The van der Waals surface area contributed by atoms with Gasteiger partial charge in [0.2, 0.25) is 0 Å². The summed E-state index contributed by atoms with van der Waals surface area (Å²) in [5.41, 5.74) is 0. The van der Waals surface area contributed by atoms with E-state index in [4.69, 9.17) is 28.4 Å². The molecular weight excluding hydrogens is 1000 g/mol. The molecule has 0 radical (unpaired) electrons. The van der Waals surface area contributed by atoms with Gasteiger partial charge in [-0.2, -0.15) is 0 Å². The maximum atomic E-state index is 13.1. The molecule has 0 saturated carbocycles. The van der Waals surface area contributed by atoms with Crippen LogP contribution >= 0.6 is 0 Å². The number of hydrogen-bond acceptors (Lipinski definition) is 14. The summed E-state index contributed by atoms with van der Waals surface area (Å²) in [6, 6.07) is 0.